The third-order valence-electron chi connectivity index (χ3n) is 3.55. The number of fused-ring (bicyclic) bond motifs is 1. The SMILES string of the molecule is CC(=O)N(c1nnc(SCc2nc3ccsc3c(=O)[nH]2)s1)C1CC1. The molecule has 1 amide bonds. The molecule has 0 radical (unpaired) electrons. The summed E-state index contributed by atoms with van der Waals surface area (Å²) >= 11 is 4.23. The molecule has 4 rings (SSSR count). The fourth-order valence-corrected chi connectivity index (χ4v) is 4.91. The molecule has 7 nitrogen and oxygen atoms in total. The summed E-state index contributed by atoms with van der Waals surface area (Å²) in [5.41, 5.74) is 0.605. The summed E-state index contributed by atoms with van der Waals surface area (Å²) in [4.78, 5) is 32.7. The van der Waals surface area contributed by atoms with Crippen LogP contribution >= 0.6 is 34.4 Å². The zero-order valence-corrected chi connectivity index (χ0v) is 15.1. The quantitative estimate of drug-likeness (QED) is 0.541. The van der Waals surface area contributed by atoms with Crippen LogP contribution in [0.15, 0.2) is 20.6 Å². The number of hydrogen-bond donors (Lipinski definition) is 1. The maximum absolute atomic E-state index is 12.0. The smallest absolute Gasteiger partial charge is 0.268 e. The van der Waals surface area contributed by atoms with Crippen LogP contribution in [-0.2, 0) is 10.5 Å². The molecule has 0 atom stereocenters. The largest absolute Gasteiger partial charge is 0.309 e. The van der Waals surface area contributed by atoms with E-state index in [0.717, 1.165) is 17.2 Å². The molecule has 1 fully saturated rings. The van der Waals surface area contributed by atoms with Crippen LogP contribution in [0.5, 0.6) is 0 Å². The Bertz CT molecular complexity index is 959. The normalized spacial score (nSPS) is 14.2. The second-order valence-corrected chi connectivity index (χ2v) is 8.50. The molecule has 0 spiro atoms. The Kier molecular flexibility index (Phi) is 4.10. The third-order valence-corrected chi connectivity index (χ3v) is 6.52. The highest BCUT2D eigenvalue weighted by atomic mass is 32.2. The molecular weight excluding hydrogens is 366 g/mol. The van der Waals surface area contributed by atoms with Crippen LogP contribution in [0, 0.1) is 0 Å². The van der Waals surface area contributed by atoms with Crippen LogP contribution in [0.2, 0.25) is 0 Å². The molecule has 3 aromatic heterocycles. The van der Waals surface area contributed by atoms with Crippen molar-refractivity contribution in [3.05, 3.63) is 27.6 Å². The molecular formula is C14H13N5O2S3. The Hall–Kier alpha value is -1.78. The van der Waals surface area contributed by atoms with Crippen LogP contribution in [0.25, 0.3) is 10.2 Å². The van der Waals surface area contributed by atoms with E-state index in [1.807, 2.05) is 11.4 Å². The van der Waals surface area contributed by atoms with Crippen molar-refractivity contribution in [3.8, 4) is 0 Å². The van der Waals surface area contributed by atoms with E-state index in [1.54, 1.807) is 11.8 Å². The highest BCUT2D eigenvalue weighted by molar-refractivity contribution is 8.00. The molecule has 3 aromatic rings. The number of thioether (sulfide) groups is 1. The van der Waals surface area contributed by atoms with E-state index in [1.165, 1.54) is 34.4 Å². The van der Waals surface area contributed by atoms with Gasteiger partial charge >= 0.3 is 0 Å². The fraction of sp³-hybridized carbons (Fsp3) is 0.357. The number of thiophene rings is 1. The zero-order valence-electron chi connectivity index (χ0n) is 12.7. The number of aromatic amines is 1. The lowest BCUT2D eigenvalue weighted by Gasteiger charge is -2.15. The Morgan fingerprint density at radius 1 is 1.46 bits per heavy atom. The van der Waals surface area contributed by atoms with Gasteiger partial charge in [-0.2, -0.15) is 0 Å². The molecule has 10 heteroatoms. The lowest BCUT2D eigenvalue weighted by Crippen LogP contribution is -2.30. The van der Waals surface area contributed by atoms with E-state index in [0.29, 0.717) is 26.9 Å². The fourth-order valence-electron chi connectivity index (χ4n) is 2.36. The summed E-state index contributed by atoms with van der Waals surface area (Å²) in [6.45, 7) is 1.55. The van der Waals surface area contributed by atoms with Crippen molar-refractivity contribution in [2.75, 3.05) is 4.90 Å². The van der Waals surface area contributed by atoms with E-state index in [2.05, 4.69) is 20.2 Å². The Morgan fingerprint density at radius 3 is 3.04 bits per heavy atom. The first-order valence-electron chi connectivity index (χ1n) is 7.34. The lowest BCUT2D eigenvalue weighted by molar-refractivity contribution is -0.116. The highest BCUT2D eigenvalue weighted by Gasteiger charge is 2.34. The molecule has 124 valence electrons. The molecule has 1 N–H and O–H groups in total. The van der Waals surface area contributed by atoms with Crippen molar-refractivity contribution in [1.82, 2.24) is 20.2 Å². The average molecular weight is 379 g/mol. The van der Waals surface area contributed by atoms with Crippen molar-refractivity contribution in [2.24, 2.45) is 0 Å². The summed E-state index contributed by atoms with van der Waals surface area (Å²) in [7, 11) is 0. The number of anilines is 1. The number of rotatable bonds is 5. The minimum atomic E-state index is -0.111. The van der Waals surface area contributed by atoms with Gasteiger partial charge in [0.15, 0.2) is 4.34 Å². The van der Waals surface area contributed by atoms with E-state index in [-0.39, 0.29) is 17.5 Å². The van der Waals surface area contributed by atoms with E-state index >= 15 is 0 Å². The van der Waals surface area contributed by atoms with Gasteiger partial charge in [0, 0.05) is 13.0 Å². The number of nitrogens with one attached hydrogen (secondary N) is 1. The molecule has 1 aliphatic rings. The minimum Gasteiger partial charge on any atom is -0.309 e. The summed E-state index contributed by atoms with van der Waals surface area (Å²) in [5, 5.41) is 10.8. The Morgan fingerprint density at radius 2 is 2.29 bits per heavy atom. The topological polar surface area (TPSA) is 91.8 Å². The predicted octanol–water partition coefficient (Wildman–Crippen LogP) is 2.64. The molecule has 0 bridgehead atoms. The first-order valence-corrected chi connectivity index (χ1v) is 10.0. The van der Waals surface area contributed by atoms with Gasteiger partial charge < -0.3 is 4.98 Å². The average Bonchev–Trinajstić information content (AvgIpc) is 3.07. The summed E-state index contributed by atoms with van der Waals surface area (Å²) in [6, 6.07) is 2.11. The van der Waals surface area contributed by atoms with Gasteiger partial charge in [0.05, 0.1) is 11.3 Å². The van der Waals surface area contributed by atoms with Gasteiger partial charge in [0.1, 0.15) is 10.5 Å². The van der Waals surface area contributed by atoms with E-state index in [9.17, 15) is 9.59 Å². The van der Waals surface area contributed by atoms with Gasteiger partial charge in [-0.25, -0.2) is 4.98 Å². The maximum Gasteiger partial charge on any atom is 0.268 e. The van der Waals surface area contributed by atoms with Crippen LogP contribution in [0.1, 0.15) is 25.6 Å². The van der Waals surface area contributed by atoms with Gasteiger partial charge in [0.2, 0.25) is 11.0 Å². The summed E-state index contributed by atoms with van der Waals surface area (Å²) in [6.07, 6.45) is 2.04. The number of aromatic nitrogens is 4. The molecule has 1 saturated carbocycles. The van der Waals surface area contributed by atoms with Gasteiger partial charge in [0.25, 0.3) is 5.56 Å². The number of carbonyl (C=O) groups excluding carboxylic acids is 1. The second-order valence-electron chi connectivity index (χ2n) is 5.41. The molecule has 3 heterocycles. The standard InChI is InChI=1S/C14H13N5O2S3/c1-7(20)19(8-2-3-8)13-17-18-14(24-13)23-6-10-15-9-4-5-22-11(9)12(21)16-10/h4-5,8H,2-3,6H2,1H3,(H,15,16,21). The van der Waals surface area contributed by atoms with Crippen molar-refractivity contribution < 1.29 is 4.79 Å². The first-order chi connectivity index (χ1) is 11.6. The van der Waals surface area contributed by atoms with Crippen molar-refractivity contribution in [1.29, 1.82) is 0 Å². The zero-order chi connectivity index (χ0) is 16.7. The maximum atomic E-state index is 12.0. The van der Waals surface area contributed by atoms with E-state index < -0.39 is 0 Å². The van der Waals surface area contributed by atoms with Crippen molar-refractivity contribution >= 4 is 55.7 Å². The summed E-state index contributed by atoms with van der Waals surface area (Å²) in [5.74, 6) is 1.11. The molecule has 0 aliphatic heterocycles. The Labute approximate surface area is 149 Å². The molecule has 0 aromatic carbocycles. The van der Waals surface area contributed by atoms with Gasteiger partial charge in [-0.3, -0.25) is 14.5 Å². The van der Waals surface area contributed by atoms with Gasteiger partial charge in [-0.1, -0.05) is 23.1 Å². The number of H-pyrrole nitrogens is 1. The number of carbonyl (C=O) groups is 1. The van der Waals surface area contributed by atoms with Gasteiger partial charge in [-0.05, 0) is 24.3 Å². The van der Waals surface area contributed by atoms with Crippen LogP contribution in [0.4, 0.5) is 5.13 Å². The molecule has 0 saturated heterocycles. The number of hydrogen-bond acceptors (Lipinski definition) is 8. The van der Waals surface area contributed by atoms with Crippen LogP contribution in [0.3, 0.4) is 0 Å². The van der Waals surface area contributed by atoms with Gasteiger partial charge in [-0.15, -0.1) is 21.5 Å². The second kappa shape index (κ2) is 6.26. The summed E-state index contributed by atoms with van der Waals surface area (Å²) < 4.78 is 1.40. The number of amides is 1. The lowest BCUT2D eigenvalue weighted by atomic mass is 10.4. The molecule has 24 heavy (non-hydrogen) atoms. The Balaban J connectivity index is 1.49. The number of nitrogens with zero attached hydrogens (tertiary/aromatic N) is 4. The van der Waals surface area contributed by atoms with Crippen LogP contribution in [-0.4, -0.2) is 32.1 Å². The predicted molar refractivity (Wildman–Crippen MR) is 95.9 cm³/mol. The molecule has 0 unspecified atom stereocenters. The first kappa shape index (κ1) is 15.7. The highest BCUT2D eigenvalue weighted by Crippen LogP contribution is 2.36. The van der Waals surface area contributed by atoms with Crippen molar-refractivity contribution in [2.45, 2.75) is 35.9 Å². The molecule has 1 aliphatic carbocycles. The monoisotopic (exact) mass is 379 g/mol. The van der Waals surface area contributed by atoms with Crippen molar-refractivity contribution in [3.63, 3.8) is 0 Å². The van der Waals surface area contributed by atoms with E-state index in [4.69, 9.17) is 0 Å². The minimum absolute atomic E-state index is 0.000828. The third kappa shape index (κ3) is 3.08. The van der Waals surface area contributed by atoms with Crippen LogP contribution < -0.4 is 10.5 Å².